The summed E-state index contributed by atoms with van der Waals surface area (Å²) in [6.07, 6.45) is 0.0291. The molecule has 1 aromatic heterocycles. The predicted molar refractivity (Wildman–Crippen MR) is 73.6 cm³/mol. The highest BCUT2D eigenvalue weighted by molar-refractivity contribution is 5.86. The molecule has 0 fully saturated rings. The zero-order chi connectivity index (χ0) is 14.0. The Morgan fingerprint density at radius 2 is 2.26 bits per heavy atom. The van der Waals surface area contributed by atoms with Crippen LogP contribution in [0.25, 0.3) is 10.9 Å². The number of rotatable bonds is 5. The number of carbonyl (C=O) groups is 1. The third-order valence-corrected chi connectivity index (χ3v) is 3.42. The van der Waals surface area contributed by atoms with Crippen molar-refractivity contribution in [3.05, 3.63) is 29.5 Å². The molecule has 102 valence electrons. The summed E-state index contributed by atoms with van der Waals surface area (Å²) < 4.78 is 5.21. The van der Waals surface area contributed by atoms with Gasteiger partial charge < -0.3 is 20.6 Å². The molecular weight excluding hydrogens is 244 g/mol. The van der Waals surface area contributed by atoms with Gasteiger partial charge in [-0.1, -0.05) is 0 Å². The van der Waals surface area contributed by atoms with Crippen LogP contribution in [0.5, 0.6) is 5.75 Å². The summed E-state index contributed by atoms with van der Waals surface area (Å²) >= 11 is 0. The summed E-state index contributed by atoms with van der Waals surface area (Å²) in [6.45, 7) is 2.27. The number of aryl methyl sites for hydroxylation is 1. The Labute approximate surface area is 111 Å². The Morgan fingerprint density at radius 1 is 1.53 bits per heavy atom. The number of carboxylic acid groups (broad SMARTS) is 1. The quantitative estimate of drug-likeness (QED) is 0.769. The van der Waals surface area contributed by atoms with Crippen molar-refractivity contribution in [2.75, 3.05) is 13.7 Å². The molecule has 0 saturated carbocycles. The number of aromatic amines is 1. The molecule has 2 aromatic rings. The average Bonchev–Trinajstić information content (AvgIpc) is 2.72. The van der Waals surface area contributed by atoms with Crippen LogP contribution in [0.15, 0.2) is 18.2 Å². The molecule has 19 heavy (non-hydrogen) atoms. The van der Waals surface area contributed by atoms with E-state index in [4.69, 9.17) is 15.6 Å². The van der Waals surface area contributed by atoms with Gasteiger partial charge in [0.15, 0.2) is 0 Å². The van der Waals surface area contributed by atoms with Gasteiger partial charge in [-0.3, -0.25) is 4.79 Å². The van der Waals surface area contributed by atoms with E-state index in [0.29, 0.717) is 6.54 Å². The number of aliphatic carboxylic acids is 1. The van der Waals surface area contributed by atoms with Gasteiger partial charge in [0.2, 0.25) is 0 Å². The van der Waals surface area contributed by atoms with Gasteiger partial charge >= 0.3 is 5.97 Å². The van der Waals surface area contributed by atoms with Crippen molar-refractivity contribution in [2.45, 2.75) is 19.3 Å². The fourth-order valence-electron chi connectivity index (χ4n) is 2.38. The monoisotopic (exact) mass is 262 g/mol. The van der Waals surface area contributed by atoms with Crippen LogP contribution in [0, 0.1) is 6.92 Å². The molecule has 0 aliphatic carbocycles. The molecule has 1 unspecified atom stereocenters. The lowest BCUT2D eigenvalue weighted by Crippen LogP contribution is -2.17. The predicted octanol–water partition coefficient (Wildman–Crippen LogP) is 2.00. The van der Waals surface area contributed by atoms with E-state index >= 15 is 0 Å². The molecule has 1 heterocycles. The van der Waals surface area contributed by atoms with Crippen LogP contribution < -0.4 is 10.5 Å². The highest BCUT2D eigenvalue weighted by Gasteiger charge is 2.19. The second-order valence-electron chi connectivity index (χ2n) is 4.61. The minimum Gasteiger partial charge on any atom is -0.497 e. The van der Waals surface area contributed by atoms with Gasteiger partial charge in [-0.2, -0.15) is 0 Å². The van der Waals surface area contributed by atoms with Crippen LogP contribution in [0.3, 0.4) is 0 Å². The lowest BCUT2D eigenvalue weighted by atomic mass is 9.98. The van der Waals surface area contributed by atoms with Crippen molar-refractivity contribution < 1.29 is 14.6 Å². The molecule has 0 aliphatic rings. The van der Waals surface area contributed by atoms with Gasteiger partial charge in [0.05, 0.1) is 13.5 Å². The number of nitrogens with two attached hydrogens (primary N) is 1. The number of nitrogens with one attached hydrogen (secondary N) is 1. The first-order valence-corrected chi connectivity index (χ1v) is 6.15. The van der Waals surface area contributed by atoms with Gasteiger partial charge in [0.25, 0.3) is 0 Å². The molecule has 0 aliphatic heterocycles. The number of aromatic nitrogens is 1. The van der Waals surface area contributed by atoms with Crippen LogP contribution in [-0.2, 0) is 4.79 Å². The minimum atomic E-state index is -0.842. The SMILES string of the molecule is COc1ccc2[nH]c(C(CN)CC(=O)O)c(C)c2c1. The lowest BCUT2D eigenvalue weighted by molar-refractivity contribution is -0.137. The van der Waals surface area contributed by atoms with Gasteiger partial charge in [-0.25, -0.2) is 0 Å². The van der Waals surface area contributed by atoms with Gasteiger partial charge in [-0.05, 0) is 30.7 Å². The Balaban J connectivity index is 2.48. The zero-order valence-electron chi connectivity index (χ0n) is 11.1. The number of benzene rings is 1. The Hall–Kier alpha value is -2.01. The highest BCUT2D eigenvalue weighted by atomic mass is 16.5. The molecule has 5 heteroatoms. The maximum absolute atomic E-state index is 10.9. The summed E-state index contributed by atoms with van der Waals surface area (Å²) in [5.74, 6) is -0.259. The van der Waals surface area contributed by atoms with Crippen LogP contribution in [-0.4, -0.2) is 29.7 Å². The van der Waals surface area contributed by atoms with E-state index in [1.54, 1.807) is 7.11 Å². The zero-order valence-corrected chi connectivity index (χ0v) is 11.1. The first-order valence-electron chi connectivity index (χ1n) is 6.15. The normalized spacial score (nSPS) is 12.6. The fourth-order valence-corrected chi connectivity index (χ4v) is 2.38. The number of fused-ring (bicyclic) bond motifs is 1. The van der Waals surface area contributed by atoms with Gasteiger partial charge in [0, 0.05) is 29.1 Å². The van der Waals surface area contributed by atoms with Crippen molar-refractivity contribution in [3.8, 4) is 5.75 Å². The fraction of sp³-hybridized carbons (Fsp3) is 0.357. The maximum Gasteiger partial charge on any atom is 0.304 e. The van der Waals surface area contributed by atoms with Gasteiger partial charge in [0.1, 0.15) is 5.75 Å². The van der Waals surface area contributed by atoms with Crippen molar-refractivity contribution in [3.63, 3.8) is 0 Å². The number of hydrogen-bond donors (Lipinski definition) is 3. The van der Waals surface area contributed by atoms with E-state index < -0.39 is 5.97 Å². The first-order chi connectivity index (χ1) is 9.06. The van der Waals surface area contributed by atoms with E-state index in [1.165, 1.54) is 0 Å². The Kier molecular flexibility index (Phi) is 3.76. The van der Waals surface area contributed by atoms with E-state index in [1.807, 2.05) is 25.1 Å². The Morgan fingerprint density at radius 3 is 2.84 bits per heavy atom. The standard InChI is InChI=1S/C14H18N2O3/c1-8-11-6-10(19-2)3-4-12(11)16-14(8)9(7-15)5-13(17)18/h3-4,6,9,16H,5,7,15H2,1-2H3,(H,17,18). The molecule has 0 radical (unpaired) electrons. The third kappa shape index (κ3) is 2.56. The minimum absolute atomic E-state index is 0.0291. The largest absolute Gasteiger partial charge is 0.497 e. The molecule has 1 aromatic carbocycles. The molecule has 0 spiro atoms. The molecular formula is C14H18N2O3. The van der Waals surface area contributed by atoms with Crippen LogP contribution in [0.2, 0.25) is 0 Å². The molecule has 2 rings (SSSR count). The van der Waals surface area contributed by atoms with Crippen molar-refractivity contribution in [1.82, 2.24) is 4.98 Å². The molecule has 0 bridgehead atoms. The molecule has 4 N–H and O–H groups in total. The molecule has 1 atom stereocenters. The summed E-state index contributed by atoms with van der Waals surface area (Å²) in [4.78, 5) is 14.2. The van der Waals surface area contributed by atoms with Crippen LogP contribution >= 0.6 is 0 Å². The topological polar surface area (TPSA) is 88.3 Å². The van der Waals surface area contributed by atoms with Crippen molar-refractivity contribution in [1.29, 1.82) is 0 Å². The summed E-state index contributed by atoms with van der Waals surface area (Å²) in [6, 6.07) is 5.74. The smallest absolute Gasteiger partial charge is 0.304 e. The van der Waals surface area contributed by atoms with Crippen LogP contribution in [0.4, 0.5) is 0 Å². The number of hydrogen-bond acceptors (Lipinski definition) is 3. The molecule has 0 amide bonds. The van der Waals surface area contributed by atoms with Crippen LogP contribution in [0.1, 0.15) is 23.6 Å². The maximum atomic E-state index is 10.9. The number of H-pyrrole nitrogens is 1. The van der Waals surface area contributed by atoms with Crippen molar-refractivity contribution in [2.24, 2.45) is 5.73 Å². The lowest BCUT2D eigenvalue weighted by Gasteiger charge is -2.11. The van der Waals surface area contributed by atoms with E-state index in [-0.39, 0.29) is 12.3 Å². The average molecular weight is 262 g/mol. The van der Waals surface area contributed by atoms with E-state index in [0.717, 1.165) is 27.9 Å². The first kappa shape index (κ1) is 13.4. The summed E-state index contributed by atoms with van der Waals surface area (Å²) in [5.41, 5.74) is 8.59. The number of carboxylic acids is 1. The third-order valence-electron chi connectivity index (χ3n) is 3.42. The van der Waals surface area contributed by atoms with Crippen molar-refractivity contribution >= 4 is 16.9 Å². The highest BCUT2D eigenvalue weighted by Crippen LogP contribution is 2.30. The summed E-state index contributed by atoms with van der Waals surface area (Å²) in [7, 11) is 1.62. The summed E-state index contributed by atoms with van der Waals surface area (Å²) in [5, 5.41) is 9.97. The molecule has 0 saturated heterocycles. The van der Waals surface area contributed by atoms with E-state index in [2.05, 4.69) is 4.98 Å². The second kappa shape index (κ2) is 5.32. The van der Waals surface area contributed by atoms with Gasteiger partial charge in [-0.15, -0.1) is 0 Å². The number of methoxy groups -OCH3 is 1. The molecule has 5 nitrogen and oxygen atoms in total. The van der Waals surface area contributed by atoms with E-state index in [9.17, 15) is 4.79 Å². The number of ether oxygens (including phenoxy) is 1. The second-order valence-corrected chi connectivity index (χ2v) is 4.61. The Bertz CT molecular complexity index is 604.